The van der Waals surface area contributed by atoms with Gasteiger partial charge in [-0.2, -0.15) is 13.2 Å². The van der Waals surface area contributed by atoms with Crippen LogP contribution in [0.4, 0.5) is 32.2 Å². The molecule has 2 aromatic carbocycles. The lowest BCUT2D eigenvalue weighted by atomic mass is 9.96. The van der Waals surface area contributed by atoms with Gasteiger partial charge in [0.05, 0.1) is 11.5 Å². The molecule has 1 aliphatic carbocycles. The number of carbonyl (C=O) groups is 1. The quantitative estimate of drug-likeness (QED) is 0.367. The van der Waals surface area contributed by atoms with Crippen molar-refractivity contribution in [3.05, 3.63) is 77.5 Å². The van der Waals surface area contributed by atoms with Crippen molar-refractivity contribution in [3.63, 3.8) is 0 Å². The second-order valence-electron chi connectivity index (χ2n) is 8.07. The number of anilines is 1. The van der Waals surface area contributed by atoms with Gasteiger partial charge in [-0.1, -0.05) is 24.3 Å². The Morgan fingerprint density at radius 2 is 1.74 bits per heavy atom. The van der Waals surface area contributed by atoms with Crippen LogP contribution in [0.1, 0.15) is 29.0 Å². The number of nitrogens with one attached hydrogen (secondary N) is 1. The Labute approximate surface area is 195 Å². The zero-order valence-electron chi connectivity index (χ0n) is 17.8. The van der Waals surface area contributed by atoms with Crippen molar-refractivity contribution in [2.24, 2.45) is 5.92 Å². The Bertz CT molecular complexity index is 1210. The molecule has 35 heavy (non-hydrogen) atoms. The standard InChI is InChI=1S/C24H18F6N2O3/c25-23(26,27)20-7-1-13(9-18(20)14-2-5-16(6-3-14)35-24(28,29)30)11-31-21-8-4-15(12-32-21)17-10-19(17)22(33)34/h1-9,12,17,19H,10-11H2,(H,31,32)(H,33,34)/t17?,19-/m1/s1. The lowest BCUT2D eigenvalue weighted by Gasteiger charge is -2.16. The number of hydrogen-bond donors (Lipinski definition) is 2. The summed E-state index contributed by atoms with van der Waals surface area (Å²) in [5.74, 6) is -1.41. The monoisotopic (exact) mass is 496 g/mol. The number of alkyl halides is 6. The van der Waals surface area contributed by atoms with Gasteiger partial charge in [0.2, 0.25) is 0 Å². The molecule has 0 bridgehead atoms. The summed E-state index contributed by atoms with van der Waals surface area (Å²) in [6, 6.07) is 11.1. The summed E-state index contributed by atoms with van der Waals surface area (Å²) < 4.78 is 81.6. The number of halogens is 6. The van der Waals surface area contributed by atoms with Gasteiger partial charge in [0.25, 0.3) is 0 Å². The number of carboxylic acids is 1. The molecule has 1 saturated carbocycles. The predicted molar refractivity (Wildman–Crippen MR) is 114 cm³/mol. The largest absolute Gasteiger partial charge is 0.573 e. The van der Waals surface area contributed by atoms with Crippen molar-refractivity contribution in [1.29, 1.82) is 0 Å². The number of rotatable bonds is 7. The van der Waals surface area contributed by atoms with Gasteiger partial charge < -0.3 is 15.2 Å². The van der Waals surface area contributed by atoms with E-state index in [0.717, 1.165) is 35.9 Å². The van der Waals surface area contributed by atoms with Crippen molar-refractivity contribution in [2.75, 3.05) is 5.32 Å². The van der Waals surface area contributed by atoms with Crippen molar-refractivity contribution >= 4 is 11.8 Å². The molecule has 1 fully saturated rings. The van der Waals surface area contributed by atoms with E-state index in [4.69, 9.17) is 5.11 Å². The SMILES string of the molecule is O=C(O)[C@@H]1CC1c1ccc(NCc2ccc(C(F)(F)F)c(-c3ccc(OC(F)(F)F)cc3)c2)nc1. The van der Waals surface area contributed by atoms with E-state index in [0.29, 0.717) is 17.8 Å². The van der Waals surface area contributed by atoms with Crippen LogP contribution in [0.15, 0.2) is 60.8 Å². The summed E-state index contributed by atoms with van der Waals surface area (Å²) in [4.78, 5) is 15.2. The van der Waals surface area contributed by atoms with Crippen LogP contribution in [0, 0.1) is 5.92 Å². The van der Waals surface area contributed by atoms with Crippen LogP contribution in [0.2, 0.25) is 0 Å². The van der Waals surface area contributed by atoms with Crippen LogP contribution in [0.3, 0.4) is 0 Å². The first-order valence-corrected chi connectivity index (χ1v) is 10.4. The van der Waals surface area contributed by atoms with E-state index in [9.17, 15) is 31.1 Å². The Hall–Kier alpha value is -3.76. The van der Waals surface area contributed by atoms with Crippen molar-refractivity contribution in [1.82, 2.24) is 4.98 Å². The lowest BCUT2D eigenvalue weighted by molar-refractivity contribution is -0.274. The Kier molecular flexibility index (Phi) is 6.35. The summed E-state index contributed by atoms with van der Waals surface area (Å²) >= 11 is 0. The fourth-order valence-electron chi connectivity index (χ4n) is 3.78. The number of ether oxygens (including phenoxy) is 1. The number of aliphatic carboxylic acids is 1. The molecule has 0 radical (unpaired) electrons. The molecule has 0 saturated heterocycles. The normalized spacial score (nSPS) is 17.7. The molecular weight excluding hydrogens is 478 g/mol. The van der Waals surface area contributed by atoms with E-state index in [2.05, 4.69) is 15.0 Å². The van der Waals surface area contributed by atoms with E-state index < -0.39 is 35.7 Å². The summed E-state index contributed by atoms with van der Waals surface area (Å²) in [5, 5.41) is 12.0. The number of pyridine rings is 1. The van der Waals surface area contributed by atoms with Gasteiger partial charge in [-0.15, -0.1) is 13.2 Å². The molecule has 11 heteroatoms. The Morgan fingerprint density at radius 3 is 2.29 bits per heavy atom. The first kappa shape index (κ1) is 24.4. The number of hydrogen-bond acceptors (Lipinski definition) is 4. The first-order valence-electron chi connectivity index (χ1n) is 10.4. The van der Waals surface area contributed by atoms with Gasteiger partial charge in [0.1, 0.15) is 11.6 Å². The van der Waals surface area contributed by atoms with Gasteiger partial charge >= 0.3 is 18.5 Å². The number of carboxylic acid groups (broad SMARTS) is 1. The molecule has 0 aliphatic heterocycles. The second kappa shape index (κ2) is 9.12. The minimum atomic E-state index is -4.91. The van der Waals surface area contributed by atoms with Crippen LogP contribution in [-0.4, -0.2) is 22.4 Å². The highest BCUT2D eigenvalue weighted by Gasteiger charge is 2.44. The van der Waals surface area contributed by atoms with E-state index in [1.165, 1.54) is 12.1 Å². The highest BCUT2D eigenvalue weighted by Crippen LogP contribution is 2.47. The molecule has 2 atom stereocenters. The van der Waals surface area contributed by atoms with Gasteiger partial charge in [0, 0.05) is 12.7 Å². The molecule has 184 valence electrons. The molecule has 4 rings (SSSR count). The minimum absolute atomic E-state index is 0.0700. The van der Waals surface area contributed by atoms with E-state index >= 15 is 0 Å². The number of benzene rings is 2. The van der Waals surface area contributed by atoms with Crippen LogP contribution in [0.5, 0.6) is 5.75 Å². The van der Waals surface area contributed by atoms with Gasteiger partial charge in [-0.25, -0.2) is 4.98 Å². The highest BCUT2D eigenvalue weighted by atomic mass is 19.4. The molecular formula is C24H18F6N2O3. The average Bonchev–Trinajstić information content (AvgIpc) is 3.58. The molecule has 1 aromatic heterocycles. The third-order valence-electron chi connectivity index (χ3n) is 5.58. The third kappa shape index (κ3) is 6.03. The Morgan fingerprint density at radius 1 is 1.03 bits per heavy atom. The summed E-state index contributed by atoms with van der Waals surface area (Å²) in [6.07, 6.45) is -7.45. The molecule has 1 heterocycles. The maximum absolute atomic E-state index is 13.6. The molecule has 0 amide bonds. The fraction of sp³-hybridized carbons (Fsp3) is 0.250. The minimum Gasteiger partial charge on any atom is -0.481 e. The summed E-state index contributed by atoms with van der Waals surface area (Å²) in [7, 11) is 0. The molecule has 3 aromatic rings. The molecule has 0 spiro atoms. The topological polar surface area (TPSA) is 71.5 Å². The van der Waals surface area contributed by atoms with Gasteiger partial charge in [-0.3, -0.25) is 4.79 Å². The summed E-state index contributed by atoms with van der Waals surface area (Å²) in [5.41, 5.74) is 0.256. The average molecular weight is 496 g/mol. The first-order chi connectivity index (χ1) is 16.4. The third-order valence-corrected chi connectivity index (χ3v) is 5.58. The maximum Gasteiger partial charge on any atom is 0.573 e. The lowest BCUT2D eigenvalue weighted by Crippen LogP contribution is -2.17. The zero-order chi connectivity index (χ0) is 25.4. The fourth-order valence-corrected chi connectivity index (χ4v) is 3.78. The maximum atomic E-state index is 13.6. The molecule has 5 nitrogen and oxygen atoms in total. The molecule has 2 N–H and O–H groups in total. The van der Waals surface area contributed by atoms with Crippen LogP contribution < -0.4 is 10.1 Å². The second-order valence-corrected chi connectivity index (χ2v) is 8.07. The number of nitrogens with zero attached hydrogens (tertiary/aromatic N) is 1. The Balaban J connectivity index is 1.50. The smallest absolute Gasteiger partial charge is 0.481 e. The van der Waals surface area contributed by atoms with Crippen molar-refractivity contribution < 1.29 is 41.0 Å². The summed E-state index contributed by atoms with van der Waals surface area (Å²) in [6.45, 7) is 0.133. The van der Waals surface area contributed by atoms with Crippen LogP contribution >= 0.6 is 0 Å². The van der Waals surface area contributed by atoms with E-state index in [-0.39, 0.29) is 23.6 Å². The molecule has 1 unspecified atom stereocenters. The zero-order valence-corrected chi connectivity index (χ0v) is 17.8. The van der Waals surface area contributed by atoms with Gasteiger partial charge in [0.15, 0.2) is 0 Å². The van der Waals surface area contributed by atoms with Crippen LogP contribution in [-0.2, 0) is 17.5 Å². The van der Waals surface area contributed by atoms with Crippen molar-refractivity contribution in [2.45, 2.75) is 31.4 Å². The number of aromatic nitrogens is 1. The van der Waals surface area contributed by atoms with E-state index in [1.807, 2.05) is 0 Å². The van der Waals surface area contributed by atoms with Crippen molar-refractivity contribution in [3.8, 4) is 16.9 Å². The van der Waals surface area contributed by atoms with Crippen LogP contribution in [0.25, 0.3) is 11.1 Å². The molecule has 1 aliphatic rings. The van der Waals surface area contributed by atoms with E-state index in [1.54, 1.807) is 18.3 Å². The predicted octanol–water partition coefficient (Wildman–Crippen LogP) is 6.47. The highest BCUT2D eigenvalue weighted by molar-refractivity contribution is 5.75. The van der Waals surface area contributed by atoms with Gasteiger partial charge in [-0.05, 0) is 64.9 Å².